The SMILES string of the molecule is CCOC[C@H]1CNCC12CCCC2. The summed E-state index contributed by atoms with van der Waals surface area (Å²) >= 11 is 0. The van der Waals surface area contributed by atoms with Crippen molar-refractivity contribution in [1.82, 2.24) is 5.32 Å². The second-order valence-electron chi connectivity index (χ2n) is 4.56. The molecule has 0 aromatic rings. The van der Waals surface area contributed by atoms with Gasteiger partial charge in [0.15, 0.2) is 0 Å². The minimum absolute atomic E-state index is 0.620. The lowest BCUT2D eigenvalue weighted by Gasteiger charge is -2.29. The quantitative estimate of drug-likeness (QED) is 0.720. The average Bonchev–Trinajstić information content (AvgIpc) is 2.75. The van der Waals surface area contributed by atoms with Crippen molar-refractivity contribution in [3.05, 3.63) is 0 Å². The Morgan fingerprint density at radius 1 is 1.38 bits per heavy atom. The Bertz CT molecular complexity index is 158. The van der Waals surface area contributed by atoms with E-state index in [1.165, 1.54) is 38.8 Å². The third-order valence-electron chi connectivity index (χ3n) is 3.86. The van der Waals surface area contributed by atoms with Crippen LogP contribution in [0.15, 0.2) is 0 Å². The van der Waals surface area contributed by atoms with Crippen molar-refractivity contribution in [3.8, 4) is 0 Å². The summed E-state index contributed by atoms with van der Waals surface area (Å²) in [6.07, 6.45) is 5.73. The van der Waals surface area contributed by atoms with Crippen molar-refractivity contribution in [2.45, 2.75) is 32.6 Å². The smallest absolute Gasteiger partial charge is 0.0512 e. The van der Waals surface area contributed by atoms with E-state index >= 15 is 0 Å². The van der Waals surface area contributed by atoms with Crippen LogP contribution in [0.3, 0.4) is 0 Å². The van der Waals surface area contributed by atoms with E-state index in [4.69, 9.17) is 4.74 Å². The number of nitrogens with one attached hydrogen (secondary N) is 1. The molecule has 1 saturated carbocycles. The zero-order valence-corrected chi connectivity index (χ0v) is 8.64. The zero-order chi connectivity index (χ0) is 9.15. The maximum absolute atomic E-state index is 5.56. The Hall–Kier alpha value is -0.0800. The van der Waals surface area contributed by atoms with E-state index in [0.717, 1.165) is 19.1 Å². The Morgan fingerprint density at radius 2 is 2.15 bits per heavy atom. The molecule has 0 aromatic carbocycles. The van der Waals surface area contributed by atoms with Crippen LogP contribution in [0.25, 0.3) is 0 Å². The second-order valence-corrected chi connectivity index (χ2v) is 4.56. The molecule has 2 aliphatic rings. The maximum atomic E-state index is 5.56. The first kappa shape index (κ1) is 9.47. The molecule has 2 heteroatoms. The number of hydrogen-bond donors (Lipinski definition) is 1. The molecule has 1 N–H and O–H groups in total. The summed E-state index contributed by atoms with van der Waals surface area (Å²) in [5.74, 6) is 0.787. The van der Waals surface area contributed by atoms with E-state index in [9.17, 15) is 0 Å². The van der Waals surface area contributed by atoms with Gasteiger partial charge in [0.2, 0.25) is 0 Å². The van der Waals surface area contributed by atoms with Gasteiger partial charge in [0.05, 0.1) is 6.61 Å². The van der Waals surface area contributed by atoms with Gasteiger partial charge in [-0.1, -0.05) is 12.8 Å². The average molecular weight is 183 g/mol. The van der Waals surface area contributed by atoms with E-state index in [1.807, 2.05) is 0 Å². The molecule has 1 heterocycles. The van der Waals surface area contributed by atoms with Crippen LogP contribution < -0.4 is 5.32 Å². The van der Waals surface area contributed by atoms with Gasteiger partial charge in [-0.25, -0.2) is 0 Å². The molecule has 1 spiro atoms. The summed E-state index contributed by atoms with van der Waals surface area (Å²) in [5, 5.41) is 3.53. The lowest BCUT2D eigenvalue weighted by molar-refractivity contribution is 0.0689. The fourth-order valence-corrected chi connectivity index (χ4v) is 3.02. The van der Waals surface area contributed by atoms with Gasteiger partial charge in [-0.15, -0.1) is 0 Å². The summed E-state index contributed by atoms with van der Waals surface area (Å²) in [6.45, 7) is 6.35. The maximum Gasteiger partial charge on any atom is 0.0512 e. The van der Waals surface area contributed by atoms with E-state index < -0.39 is 0 Å². The number of ether oxygens (including phenoxy) is 1. The van der Waals surface area contributed by atoms with Crippen molar-refractivity contribution in [2.24, 2.45) is 11.3 Å². The van der Waals surface area contributed by atoms with Gasteiger partial charge in [0.25, 0.3) is 0 Å². The van der Waals surface area contributed by atoms with Gasteiger partial charge in [0, 0.05) is 25.6 Å². The van der Waals surface area contributed by atoms with E-state index in [0.29, 0.717) is 5.41 Å². The van der Waals surface area contributed by atoms with Crippen LogP contribution in [-0.2, 0) is 4.74 Å². The summed E-state index contributed by atoms with van der Waals surface area (Å²) in [4.78, 5) is 0. The fourth-order valence-electron chi connectivity index (χ4n) is 3.02. The third kappa shape index (κ3) is 1.75. The first-order valence-corrected chi connectivity index (χ1v) is 5.66. The molecule has 2 rings (SSSR count). The minimum atomic E-state index is 0.620. The van der Waals surface area contributed by atoms with Crippen LogP contribution in [-0.4, -0.2) is 26.3 Å². The van der Waals surface area contributed by atoms with Gasteiger partial charge in [-0.3, -0.25) is 0 Å². The summed E-state index contributed by atoms with van der Waals surface area (Å²) in [7, 11) is 0. The third-order valence-corrected chi connectivity index (χ3v) is 3.86. The molecule has 1 aliphatic heterocycles. The van der Waals surface area contributed by atoms with Crippen molar-refractivity contribution < 1.29 is 4.74 Å². The van der Waals surface area contributed by atoms with Crippen LogP contribution in [0.4, 0.5) is 0 Å². The normalized spacial score (nSPS) is 31.6. The number of hydrogen-bond acceptors (Lipinski definition) is 2. The first-order valence-electron chi connectivity index (χ1n) is 5.66. The molecule has 76 valence electrons. The van der Waals surface area contributed by atoms with E-state index in [-0.39, 0.29) is 0 Å². The van der Waals surface area contributed by atoms with Crippen LogP contribution in [0.1, 0.15) is 32.6 Å². The fraction of sp³-hybridized carbons (Fsp3) is 1.00. The van der Waals surface area contributed by atoms with Crippen molar-refractivity contribution in [2.75, 3.05) is 26.3 Å². The predicted octanol–water partition coefficient (Wildman–Crippen LogP) is 1.80. The summed E-state index contributed by atoms with van der Waals surface area (Å²) in [6, 6.07) is 0. The molecule has 0 unspecified atom stereocenters. The molecule has 0 bridgehead atoms. The molecular formula is C11H21NO. The highest BCUT2D eigenvalue weighted by molar-refractivity contribution is 4.97. The van der Waals surface area contributed by atoms with Crippen molar-refractivity contribution >= 4 is 0 Å². The highest BCUT2D eigenvalue weighted by atomic mass is 16.5. The molecule has 0 radical (unpaired) electrons. The topological polar surface area (TPSA) is 21.3 Å². The highest BCUT2D eigenvalue weighted by Crippen LogP contribution is 2.46. The van der Waals surface area contributed by atoms with E-state index in [1.54, 1.807) is 0 Å². The standard InChI is InChI=1S/C11H21NO/c1-2-13-8-10-7-12-9-11(10)5-3-4-6-11/h10,12H,2-9H2,1H3/t10-/m1/s1. The zero-order valence-electron chi connectivity index (χ0n) is 8.64. The van der Waals surface area contributed by atoms with E-state index in [2.05, 4.69) is 12.2 Å². The molecule has 0 aromatic heterocycles. The number of rotatable bonds is 3. The lowest BCUT2D eigenvalue weighted by atomic mass is 9.77. The van der Waals surface area contributed by atoms with Gasteiger partial charge < -0.3 is 10.1 Å². The predicted molar refractivity (Wildman–Crippen MR) is 53.8 cm³/mol. The van der Waals surface area contributed by atoms with Gasteiger partial charge in [0.1, 0.15) is 0 Å². The molecule has 13 heavy (non-hydrogen) atoms. The molecule has 1 atom stereocenters. The Morgan fingerprint density at radius 3 is 2.85 bits per heavy atom. The van der Waals surface area contributed by atoms with Crippen LogP contribution >= 0.6 is 0 Å². The molecule has 0 amide bonds. The minimum Gasteiger partial charge on any atom is -0.381 e. The summed E-state index contributed by atoms with van der Waals surface area (Å²) in [5.41, 5.74) is 0.620. The van der Waals surface area contributed by atoms with Gasteiger partial charge >= 0.3 is 0 Å². The molecule has 2 fully saturated rings. The van der Waals surface area contributed by atoms with Crippen LogP contribution in [0, 0.1) is 11.3 Å². The Kier molecular flexibility index (Phi) is 2.89. The molecule has 1 aliphatic carbocycles. The Labute approximate surface area is 81.0 Å². The lowest BCUT2D eigenvalue weighted by Crippen LogP contribution is -2.29. The highest BCUT2D eigenvalue weighted by Gasteiger charge is 2.44. The van der Waals surface area contributed by atoms with Crippen molar-refractivity contribution in [1.29, 1.82) is 0 Å². The van der Waals surface area contributed by atoms with Gasteiger partial charge in [-0.2, -0.15) is 0 Å². The molecular weight excluding hydrogens is 162 g/mol. The Balaban J connectivity index is 1.93. The molecule has 1 saturated heterocycles. The largest absolute Gasteiger partial charge is 0.381 e. The molecule has 2 nitrogen and oxygen atoms in total. The van der Waals surface area contributed by atoms with Crippen LogP contribution in [0.5, 0.6) is 0 Å². The summed E-state index contributed by atoms with van der Waals surface area (Å²) < 4.78 is 5.56. The van der Waals surface area contributed by atoms with Crippen molar-refractivity contribution in [3.63, 3.8) is 0 Å². The first-order chi connectivity index (χ1) is 6.37. The second kappa shape index (κ2) is 3.97. The monoisotopic (exact) mass is 183 g/mol. The van der Waals surface area contributed by atoms with Gasteiger partial charge in [-0.05, 0) is 25.2 Å². The van der Waals surface area contributed by atoms with Crippen LogP contribution in [0.2, 0.25) is 0 Å².